The lowest BCUT2D eigenvalue weighted by atomic mass is 9.73. The molecular weight excluding hydrogens is 590 g/mol. The highest BCUT2D eigenvalue weighted by atomic mass is 32.2. The lowest BCUT2D eigenvalue weighted by Crippen LogP contribution is -2.64. The Kier molecular flexibility index (Phi) is 8.98. The molecule has 44 heavy (non-hydrogen) atoms. The molecule has 5 aliphatic heterocycles. The van der Waals surface area contributed by atoms with E-state index in [1.165, 1.54) is 15.9 Å². The number of carbonyl (C=O) groups excluding carboxylic acids is 3. The number of aliphatic hydroxyl groups is 1. The largest absolute Gasteiger partial charge is 0.480 e. The number of aliphatic hydroxyl groups excluding tert-OH is 1. The minimum atomic E-state index is -1.01. The zero-order valence-electron chi connectivity index (χ0n) is 25.1. The van der Waals surface area contributed by atoms with E-state index in [0.717, 1.165) is 32.5 Å². The van der Waals surface area contributed by atoms with Gasteiger partial charge in [0.1, 0.15) is 25.1 Å². The molecule has 11 atom stereocenters. The van der Waals surface area contributed by atoms with E-state index in [4.69, 9.17) is 5.73 Å². The van der Waals surface area contributed by atoms with Crippen molar-refractivity contribution in [2.75, 3.05) is 32.7 Å². The van der Waals surface area contributed by atoms with Crippen molar-refractivity contribution in [3.63, 3.8) is 0 Å². The minimum absolute atomic E-state index is 0.0304. The number of nitrogens with zero attached hydrogens (tertiary/aromatic N) is 7. The second-order valence-corrected chi connectivity index (χ2v) is 14.8. The molecule has 0 spiro atoms. The predicted molar refractivity (Wildman–Crippen MR) is 158 cm³/mol. The molecule has 5 fully saturated rings. The number of piperidine rings is 1. The number of β-amino-alcohol motifs (C(OH)–C–C–N with tert-alkyl or cyclic N) is 1. The van der Waals surface area contributed by atoms with E-state index in [0.29, 0.717) is 25.4 Å². The van der Waals surface area contributed by atoms with Crippen molar-refractivity contribution in [2.45, 2.75) is 87.0 Å². The number of carboxylic acids is 1. The molecule has 5 N–H and O–H groups in total. The van der Waals surface area contributed by atoms with E-state index < -0.39 is 24.2 Å². The summed E-state index contributed by atoms with van der Waals surface area (Å²) in [5.74, 6) is -1.53. The quantitative estimate of drug-likeness (QED) is 0.158. The Morgan fingerprint density at radius 2 is 2.05 bits per heavy atom. The van der Waals surface area contributed by atoms with Crippen molar-refractivity contribution in [2.24, 2.45) is 29.4 Å². The molecule has 6 rings (SSSR count). The van der Waals surface area contributed by atoms with Crippen molar-refractivity contribution in [3.8, 4) is 0 Å². The van der Waals surface area contributed by atoms with Crippen molar-refractivity contribution in [1.82, 2.24) is 40.2 Å². The van der Waals surface area contributed by atoms with Crippen LogP contribution in [-0.2, 0) is 25.7 Å². The first-order valence-corrected chi connectivity index (χ1v) is 16.6. The SMILES string of the molecule is CC(CC(=O)Cn1cnnn1)[C@H]1C(=O)N2C(C(=O)O)C(SC3CNC(C(=O)N4CCC5CN(CC(N)O)CCC54)C3)C(C)[C@H]12. The van der Waals surface area contributed by atoms with E-state index in [2.05, 4.69) is 25.7 Å². The number of fused-ring (bicyclic) bond motifs is 2. The molecule has 6 heterocycles. The van der Waals surface area contributed by atoms with Gasteiger partial charge in [-0.2, -0.15) is 11.8 Å². The second-order valence-electron chi connectivity index (χ2n) is 13.3. The molecule has 0 radical (unpaired) electrons. The van der Waals surface area contributed by atoms with Gasteiger partial charge in [0.2, 0.25) is 11.8 Å². The Hall–Kier alpha value is -2.66. The predicted octanol–water partition coefficient (Wildman–Crippen LogP) is -1.77. The monoisotopic (exact) mass is 633 g/mol. The Bertz CT molecular complexity index is 1250. The van der Waals surface area contributed by atoms with E-state index in [-0.39, 0.29) is 71.0 Å². The van der Waals surface area contributed by atoms with Crippen LogP contribution in [-0.4, -0.2) is 142 Å². The Morgan fingerprint density at radius 3 is 2.75 bits per heavy atom. The first-order valence-electron chi connectivity index (χ1n) is 15.7. The third-order valence-corrected chi connectivity index (χ3v) is 12.2. The summed E-state index contributed by atoms with van der Waals surface area (Å²) in [7, 11) is 0. The van der Waals surface area contributed by atoms with Gasteiger partial charge in [-0.25, -0.2) is 9.48 Å². The van der Waals surface area contributed by atoms with Crippen LogP contribution in [0.1, 0.15) is 39.5 Å². The maximum absolute atomic E-state index is 13.6. The number of thioether (sulfide) groups is 1. The first-order chi connectivity index (χ1) is 21.0. The number of amides is 2. The van der Waals surface area contributed by atoms with Crippen molar-refractivity contribution < 1.29 is 29.4 Å². The lowest BCUT2D eigenvalue weighted by Gasteiger charge is -2.48. The molecule has 0 aliphatic carbocycles. The topological polar surface area (TPSA) is 200 Å². The normalized spacial score (nSPS) is 36.5. The summed E-state index contributed by atoms with van der Waals surface area (Å²) in [5, 5.41) is 33.7. The third-order valence-electron chi connectivity index (χ3n) is 10.4. The maximum atomic E-state index is 13.6. The highest BCUT2D eigenvalue weighted by molar-refractivity contribution is 8.00. The molecule has 1 aromatic rings. The molecule has 16 heteroatoms. The smallest absolute Gasteiger partial charge is 0.327 e. The molecule has 0 bridgehead atoms. The highest BCUT2D eigenvalue weighted by Gasteiger charge is 2.65. The third kappa shape index (κ3) is 5.86. The fourth-order valence-corrected chi connectivity index (χ4v) is 10.2. The molecule has 1 aromatic heterocycles. The van der Waals surface area contributed by atoms with E-state index in [9.17, 15) is 29.4 Å². The maximum Gasteiger partial charge on any atom is 0.327 e. The summed E-state index contributed by atoms with van der Waals surface area (Å²) < 4.78 is 1.35. The number of carboxylic acid groups (broad SMARTS) is 1. The number of nitrogens with two attached hydrogens (primary N) is 1. The lowest BCUT2D eigenvalue weighted by molar-refractivity contribution is -0.168. The molecule has 2 amide bonds. The van der Waals surface area contributed by atoms with Gasteiger partial charge in [0.05, 0.1) is 12.0 Å². The number of β-lactam (4-membered cyclic amide) rings is 1. The summed E-state index contributed by atoms with van der Waals surface area (Å²) in [6, 6.07) is -1.29. The summed E-state index contributed by atoms with van der Waals surface area (Å²) >= 11 is 1.59. The number of rotatable bonds is 11. The highest BCUT2D eigenvalue weighted by Crippen LogP contribution is 2.51. The average Bonchev–Trinajstić information content (AvgIpc) is 3.75. The van der Waals surface area contributed by atoms with Crippen LogP contribution in [0.4, 0.5) is 0 Å². The first kappa shape index (κ1) is 31.3. The van der Waals surface area contributed by atoms with Gasteiger partial charge in [-0.3, -0.25) is 19.3 Å². The summed E-state index contributed by atoms with van der Waals surface area (Å²) in [6.07, 6.45) is 3.11. The number of aromatic nitrogens is 4. The molecule has 9 unspecified atom stereocenters. The van der Waals surface area contributed by atoms with Gasteiger partial charge < -0.3 is 31.1 Å². The van der Waals surface area contributed by atoms with Gasteiger partial charge >= 0.3 is 5.97 Å². The van der Waals surface area contributed by atoms with Crippen molar-refractivity contribution >= 4 is 35.3 Å². The fraction of sp³-hybridized carbons (Fsp3) is 0.821. The van der Waals surface area contributed by atoms with Gasteiger partial charge in [0.15, 0.2) is 5.78 Å². The van der Waals surface area contributed by atoms with Gasteiger partial charge in [0, 0.05) is 61.7 Å². The standard InChI is InChI=1S/C28H43N9O6S/c1-14(7-17(38)11-35-13-31-32-33-35)22-23-15(2)25(24(28(42)43)37(23)27(22)41)44-18-8-19(30-9-18)26(40)36-6-3-16-10-34(12-21(29)39)5-4-20(16)36/h13-16,18-25,30,39H,3-12,29H2,1-2H3,(H,42,43)/t14?,15?,16?,18?,19?,20?,21?,22-,23-,24?,25?/m1/s1. The number of hydrogen-bond donors (Lipinski definition) is 4. The van der Waals surface area contributed by atoms with Crippen LogP contribution in [0.15, 0.2) is 6.33 Å². The van der Waals surface area contributed by atoms with Crippen LogP contribution in [0.5, 0.6) is 0 Å². The average molecular weight is 634 g/mol. The zero-order chi connectivity index (χ0) is 31.3. The van der Waals surface area contributed by atoms with Crippen LogP contribution in [0, 0.1) is 23.7 Å². The summed E-state index contributed by atoms with van der Waals surface area (Å²) in [5.41, 5.74) is 5.58. The number of tetrazole rings is 1. The Morgan fingerprint density at radius 1 is 1.25 bits per heavy atom. The van der Waals surface area contributed by atoms with Crippen LogP contribution >= 0.6 is 11.8 Å². The molecule has 5 aliphatic rings. The summed E-state index contributed by atoms with van der Waals surface area (Å²) in [6.45, 7) is 7.33. The number of hydrogen-bond acceptors (Lipinski definition) is 12. The molecule has 242 valence electrons. The fourth-order valence-electron chi connectivity index (χ4n) is 8.50. The van der Waals surface area contributed by atoms with E-state index in [1.807, 2.05) is 18.7 Å². The second kappa shape index (κ2) is 12.6. The Balaban J connectivity index is 1.05. The van der Waals surface area contributed by atoms with Crippen LogP contribution in [0.2, 0.25) is 0 Å². The number of nitrogens with one attached hydrogen (secondary N) is 1. The van der Waals surface area contributed by atoms with Gasteiger partial charge in [0.25, 0.3) is 0 Å². The summed E-state index contributed by atoms with van der Waals surface area (Å²) in [4.78, 5) is 57.8. The molecule has 0 saturated carbocycles. The van der Waals surface area contributed by atoms with Crippen LogP contribution in [0.25, 0.3) is 0 Å². The van der Waals surface area contributed by atoms with E-state index in [1.54, 1.807) is 11.8 Å². The molecule has 0 aromatic carbocycles. The number of likely N-dealkylation sites (tertiary alicyclic amines) is 2. The zero-order valence-corrected chi connectivity index (χ0v) is 26.0. The van der Waals surface area contributed by atoms with Crippen molar-refractivity contribution in [3.05, 3.63) is 6.33 Å². The molecule has 15 nitrogen and oxygen atoms in total. The van der Waals surface area contributed by atoms with Crippen LogP contribution < -0.4 is 11.1 Å². The van der Waals surface area contributed by atoms with E-state index >= 15 is 0 Å². The number of ketones is 1. The number of Topliss-reactive ketones (excluding diaryl/α,β-unsaturated/α-hetero) is 1. The Labute approximate surface area is 260 Å². The van der Waals surface area contributed by atoms with Gasteiger partial charge in [-0.05, 0) is 47.4 Å². The van der Waals surface area contributed by atoms with Gasteiger partial charge in [-0.1, -0.05) is 13.8 Å². The molecular formula is C28H43N9O6S. The minimum Gasteiger partial charge on any atom is -0.480 e. The van der Waals surface area contributed by atoms with Crippen molar-refractivity contribution in [1.29, 1.82) is 0 Å². The van der Waals surface area contributed by atoms with Crippen LogP contribution in [0.3, 0.4) is 0 Å². The number of carbonyl (C=O) groups is 4. The molecule has 5 saturated heterocycles. The van der Waals surface area contributed by atoms with Gasteiger partial charge in [-0.15, -0.1) is 5.10 Å². The number of aliphatic carboxylic acids is 1.